The maximum Gasteiger partial charge on any atom is 0.298 e. The van der Waals surface area contributed by atoms with Crippen molar-refractivity contribution in [3.8, 4) is 28.8 Å². The zero-order chi connectivity index (χ0) is 27.6. The molecule has 0 aromatic carbocycles. The number of anilines is 3. The predicted octanol–water partition coefficient (Wildman–Crippen LogP) is 3.27. The minimum absolute atomic E-state index is 0.0419. The van der Waals surface area contributed by atoms with Crippen LogP contribution in [0, 0.1) is 18.8 Å². The van der Waals surface area contributed by atoms with Crippen molar-refractivity contribution in [3.63, 3.8) is 0 Å². The van der Waals surface area contributed by atoms with E-state index in [9.17, 15) is 9.59 Å². The zero-order valence-electron chi connectivity index (χ0n) is 22.8. The van der Waals surface area contributed by atoms with Crippen LogP contribution in [0.15, 0.2) is 41.5 Å². The summed E-state index contributed by atoms with van der Waals surface area (Å²) in [5, 5.41) is 3.47. The van der Waals surface area contributed by atoms with Gasteiger partial charge in [-0.3, -0.25) is 9.59 Å². The molecule has 2 fully saturated rings. The summed E-state index contributed by atoms with van der Waals surface area (Å²) in [6.07, 6.45) is 5.08. The number of likely N-dealkylation sites (tertiary alicyclic amines) is 1. The molecule has 0 aliphatic carbocycles. The molecule has 0 bridgehead atoms. The van der Waals surface area contributed by atoms with Gasteiger partial charge in [0.05, 0.1) is 35.9 Å². The lowest BCUT2D eigenvalue weighted by Crippen LogP contribution is -2.40. The highest BCUT2D eigenvalue weighted by Gasteiger charge is 2.26. The Morgan fingerprint density at radius 1 is 1.12 bits per heavy atom. The number of fused-ring (bicyclic) bond motifs is 2. The maximum absolute atomic E-state index is 13.2. The largest absolute Gasteiger partial charge is 0.485 e. The summed E-state index contributed by atoms with van der Waals surface area (Å²) >= 11 is 0. The Kier molecular flexibility index (Phi) is 7.13. The average Bonchev–Trinajstić information content (AvgIpc) is 3.17. The van der Waals surface area contributed by atoms with Gasteiger partial charge in [0.2, 0.25) is 0 Å². The first-order valence-corrected chi connectivity index (χ1v) is 13.7. The van der Waals surface area contributed by atoms with Crippen LogP contribution in [-0.4, -0.2) is 64.7 Å². The number of nitrogens with zero attached hydrogens (tertiary/aromatic N) is 5. The first-order chi connectivity index (χ1) is 19.5. The molecule has 3 aromatic heterocycles. The second-order valence-electron chi connectivity index (χ2n) is 10.2. The number of carbonyl (C=O) groups excluding carboxylic acids is 1. The highest BCUT2D eigenvalue weighted by molar-refractivity contribution is 5.93. The Balaban J connectivity index is 1.24. The van der Waals surface area contributed by atoms with E-state index < -0.39 is 0 Å². The molecule has 3 aliphatic heterocycles. The Bertz CT molecular complexity index is 1560. The fourth-order valence-corrected chi connectivity index (χ4v) is 5.67. The molecule has 1 N–H and O–H groups in total. The fourth-order valence-electron chi connectivity index (χ4n) is 5.67. The van der Waals surface area contributed by atoms with Gasteiger partial charge in [-0.1, -0.05) is 5.92 Å². The number of amides is 1. The van der Waals surface area contributed by atoms with Gasteiger partial charge in [0.15, 0.2) is 5.75 Å². The number of piperidine rings is 1. The van der Waals surface area contributed by atoms with E-state index in [1.807, 2.05) is 37.5 Å². The number of hydrogen-bond donors (Lipinski definition) is 1. The van der Waals surface area contributed by atoms with Crippen molar-refractivity contribution in [2.45, 2.75) is 39.3 Å². The number of pyridine rings is 3. The van der Waals surface area contributed by atoms with Crippen LogP contribution in [-0.2, 0) is 16.1 Å². The Morgan fingerprint density at radius 3 is 2.67 bits per heavy atom. The standard InChI is InChI=1S/C30H32N6O4/c1-3-4-27(37)35-10-7-22(8-11-35)36-12-6-21(17-28(36)38)24-18-25-29(20(2)32-24)40-19-23-26(5-9-31-30(23)33-25)34-13-15-39-16-14-34/h5-6,9,12,17-18,22H,7-8,10-11,13-16,19H2,1-2H3,(H,31,33). The van der Waals surface area contributed by atoms with Crippen LogP contribution in [0.4, 0.5) is 17.2 Å². The molecule has 2 saturated heterocycles. The summed E-state index contributed by atoms with van der Waals surface area (Å²) in [4.78, 5) is 38.7. The van der Waals surface area contributed by atoms with Crippen LogP contribution in [0.2, 0.25) is 0 Å². The molecule has 0 saturated carbocycles. The molecule has 10 heteroatoms. The van der Waals surface area contributed by atoms with E-state index in [1.54, 1.807) is 22.5 Å². The molecule has 0 atom stereocenters. The van der Waals surface area contributed by atoms with Crippen LogP contribution in [0.3, 0.4) is 0 Å². The molecule has 0 spiro atoms. The number of hydrogen-bond acceptors (Lipinski definition) is 8. The van der Waals surface area contributed by atoms with E-state index in [-0.39, 0.29) is 17.5 Å². The van der Waals surface area contributed by atoms with Crippen molar-refractivity contribution in [3.05, 3.63) is 58.3 Å². The van der Waals surface area contributed by atoms with Crippen LogP contribution in [0.5, 0.6) is 5.75 Å². The van der Waals surface area contributed by atoms with Gasteiger partial charge in [0.25, 0.3) is 11.5 Å². The van der Waals surface area contributed by atoms with Gasteiger partial charge in [0.1, 0.15) is 12.4 Å². The third kappa shape index (κ3) is 5.00. The summed E-state index contributed by atoms with van der Waals surface area (Å²) in [5.74, 6) is 6.54. The van der Waals surface area contributed by atoms with Gasteiger partial charge < -0.3 is 29.2 Å². The van der Waals surface area contributed by atoms with Crippen molar-refractivity contribution in [1.82, 2.24) is 19.4 Å². The van der Waals surface area contributed by atoms with Gasteiger partial charge in [-0.2, -0.15) is 0 Å². The molecule has 206 valence electrons. The van der Waals surface area contributed by atoms with E-state index in [4.69, 9.17) is 14.5 Å². The molecule has 6 rings (SSSR count). The van der Waals surface area contributed by atoms with Crippen LogP contribution < -0.4 is 20.5 Å². The molecule has 10 nitrogen and oxygen atoms in total. The summed E-state index contributed by atoms with van der Waals surface area (Å²) in [7, 11) is 0. The SMILES string of the molecule is CC#CC(=O)N1CCC(n2ccc(-c3cc4c(c(C)n3)OCc3c(N5CCOCC5)ccnc3N4)cc2=O)CC1. The lowest BCUT2D eigenvalue weighted by atomic mass is 10.0. The second-order valence-corrected chi connectivity index (χ2v) is 10.2. The fraction of sp³-hybridized carbons (Fsp3) is 0.400. The number of rotatable bonds is 3. The van der Waals surface area contributed by atoms with E-state index >= 15 is 0 Å². The van der Waals surface area contributed by atoms with Crippen LogP contribution in [0.1, 0.15) is 37.1 Å². The van der Waals surface area contributed by atoms with Crippen LogP contribution in [0.25, 0.3) is 11.3 Å². The third-order valence-corrected chi connectivity index (χ3v) is 7.76. The summed E-state index contributed by atoms with van der Waals surface area (Å²) < 4.78 is 13.6. The van der Waals surface area contributed by atoms with Crippen molar-refractivity contribution in [1.29, 1.82) is 0 Å². The molecular formula is C30H32N6O4. The molecule has 0 unspecified atom stereocenters. The smallest absolute Gasteiger partial charge is 0.298 e. The number of nitrogens with one attached hydrogen (secondary N) is 1. The molecule has 1 amide bonds. The van der Waals surface area contributed by atoms with Gasteiger partial charge in [0, 0.05) is 61.9 Å². The van der Waals surface area contributed by atoms with E-state index in [1.165, 1.54) is 0 Å². The Hall–Kier alpha value is -4.36. The maximum atomic E-state index is 13.2. The minimum Gasteiger partial charge on any atom is -0.485 e. The molecule has 6 heterocycles. The Morgan fingerprint density at radius 2 is 1.93 bits per heavy atom. The number of aryl methyl sites for hydroxylation is 1. The third-order valence-electron chi connectivity index (χ3n) is 7.76. The van der Waals surface area contributed by atoms with E-state index in [0.29, 0.717) is 57.2 Å². The highest BCUT2D eigenvalue weighted by Crippen LogP contribution is 2.40. The minimum atomic E-state index is -0.152. The number of carbonyl (C=O) groups is 1. The van der Waals surface area contributed by atoms with E-state index in [0.717, 1.165) is 47.1 Å². The lowest BCUT2D eigenvalue weighted by Gasteiger charge is -2.31. The predicted molar refractivity (Wildman–Crippen MR) is 152 cm³/mol. The molecule has 3 aliphatic rings. The summed E-state index contributed by atoms with van der Waals surface area (Å²) in [6.45, 7) is 8.17. The van der Waals surface area contributed by atoms with Gasteiger partial charge in [-0.15, -0.1) is 0 Å². The molecule has 40 heavy (non-hydrogen) atoms. The van der Waals surface area contributed by atoms with Crippen molar-refractivity contribution < 1.29 is 14.3 Å². The topological polar surface area (TPSA) is 102 Å². The van der Waals surface area contributed by atoms with Crippen molar-refractivity contribution in [2.24, 2.45) is 0 Å². The van der Waals surface area contributed by atoms with E-state index in [2.05, 4.69) is 27.0 Å². The normalized spacial score (nSPS) is 16.9. The van der Waals surface area contributed by atoms with Gasteiger partial charge >= 0.3 is 0 Å². The van der Waals surface area contributed by atoms with Crippen molar-refractivity contribution >= 4 is 23.1 Å². The summed E-state index contributed by atoms with van der Waals surface area (Å²) in [6, 6.07) is 7.54. The second kappa shape index (κ2) is 11.0. The monoisotopic (exact) mass is 540 g/mol. The van der Waals surface area contributed by atoms with Gasteiger partial charge in [-0.25, -0.2) is 9.97 Å². The first-order valence-electron chi connectivity index (χ1n) is 13.7. The molecular weight excluding hydrogens is 508 g/mol. The lowest BCUT2D eigenvalue weighted by molar-refractivity contribution is -0.126. The Labute approximate surface area is 232 Å². The molecule has 0 radical (unpaired) electrons. The van der Waals surface area contributed by atoms with Crippen molar-refractivity contribution in [2.75, 3.05) is 49.6 Å². The highest BCUT2D eigenvalue weighted by atomic mass is 16.5. The van der Waals surface area contributed by atoms with Gasteiger partial charge in [-0.05, 0) is 50.8 Å². The molecule has 3 aromatic rings. The summed E-state index contributed by atoms with van der Waals surface area (Å²) in [5.41, 5.74) is 4.93. The number of morpholine rings is 1. The first kappa shape index (κ1) is 25.9. The number of ether oxygens (including phenoxy) is 2. The number of aromatic nitrogens is 3. The zero-order valence-corrected chi connectivity index (χ0v) is 22.8. The average molecular weight is 541 g/mol. The van der Waals surface area contributed by atoms with Crippen LogP contribution >= 0.6 is 0 Å². The quantitative estimate of drug-likeness (QED) is 0.505.